The lowest BCUT2D eigenvalue weighted by atomic mass is 10.1. The number of nitrogens with zero attached hydrogens (tertiary/aromatic N) is 1. The lowest BCUT2D eigenvalue weighted by molar-refractivity contribution is -0.118. The van der Waals surface area contributed by atoms with E-state index in [4.69, 9.17) is 21.1 Å². The lowest BCUT2D eigenvalue weighted by Crippen LogP contribution is -2.20. The van der Waals surface area contributed by atoms with Crippen molar-refractivity contribution in [3.05, 3.63) is 69.1 Å². The normalized spacial score (nSPS) is 11.9. The summed E-state index contributed by atoms with van der Waals surface area (Å²) in [7, 11) is 1.52. The van der Waals surface area contributed by atoms with Crippen molar-refractivity contribution in [2.75, 3.05) is 24.4 Å². The second kappa shape index (κ2) is 9.94. The van der Waals surface area contributed by atoms with Crippen LogP contribution >= 0.6 is 22.9 Å². The van der Waals surface area contributed by atoms with E-state index in [1.165, 1.54) is 23.3 Å². The van der Waals surface area contributed by atoms with Crippen molar-refractivity contribution in [2.45, 2.75) is 19.3 Å². The Hall–Kier alpha value is -3.54. The number of hydrogen-bond donors (Lipinski definition) is 2. The fourth-order valence-corrected chi connectivity index (χ4v) is 5.09. The average molecular weight is 482 g/mol. The van der Waals surface area contributed by atoms with Gasteiger partial charge in [-0.3, -0.25) is 9.59 Å². The molecule has 33 heavy (non-hydrogen) atoms. The number of anilines is 2. The molecule has 4 rings (SSSR count). The van der Waals surface area contributed by atoms with Gasteiger partial charge in [0.15, 0.2) is 6.61 Å². The summed E-state index contributed by atoms with van der Waals surface area (Å²) in [6.45, 7) is -0.205. The third kappa shape index (κ3) is 5.11. The van der Waals surface area contributed by atoms with Gasteiger partial charge >= 0.3 is 0 Å². The highest BCUT2D eigenvalue weighted by molar-refractivity contribution is 7.16. The molecule has 0 radical (unpaired) electrons. The molecule has 3 aromatic rings. The van der Waals surface area contributed by atoms with Crippen molar-refractivity contribution < 1.29 is 19.1 Å². The van der Waals surface area contributed by atoms with Crippen LogP contribution in [0.5, 0.6) is 11.5 Å². The Morgan fingerprint density at radius 2 is 1.94 bits per heavy atom. The van der Waals surface area contributed by atoms with Crippen LogP contribution in [0.2, 0.25) is 5.02 Å². The Morgan fingerprint density at radius 3 is 2.64 bits per heavy atom. The molecule has 1 aromatic heterocycles. The summed E-state index contributed by atoms with van der Waals surface area (Å²) in [4.78, 5) is 25.9. The molecule has 9 heteroatoms. The molecule has 7 nitrogen and oxygen atoms in total. The van der Waals surface area contributed by atoms with Gasteiger partial charge in [-0.25, -0.2) is 0 Å². The molecule has 0 saturated carbocycles. The maximum atomic E-state index is 12.5. The third-order valence-electron chi connectivity index (χ3n) is 5.18. The van der Waals surface area contributed by atoms with Gasteiger partial charge in [0.05, 0.1) is 17.7 Å². The van der Waals surface area contributed by atoms with Crippen LogP contribution in [0, 0.1) is 11.3 Å². The zero-order chi connectivity index (χ0) is 23.4. The number of carbonyl (C=O) groups is 2. The Balaban J connectivity index is 1.31. The van der Waals surface area contributed by atoms with Crippen LogP contribution in [0.15, 0.2) is 42.5 Å². The first-order valence-corrected chi connectivity index (χ1v) is 11.4. The average Bonchev–Trinajstić information content (AvgIpc) is 3.39. The number of thiophene rings is 1. The van der Waals surface area contributed by atoms with Crippen LogP contribution in [0.3, 0.4) is 0 Å². The molecule has 0 saturated heterocycles. The minimum atomic E-state index is -0.343. The molecule has 0 aliphatic heterocycles. The van der Waals surface area contributed by atoms with E-state index in [0.29, 0.717) is 38.3 Å². The number of carbonyl (C=O) groups excluding carboxylic acids is 2. The quantitative estimate of drug-likeness (QED) is 0.492. The zero-order valence-corrected chi connectivity index (χ0v) is 19.3. The van der Waals surface area contributed by atoms with Crippen molar-refractivity contribution in [3.63, 3.8) is 0 Å². The molecule has 0 bridgehead atoms. The standard InChI is InChI=1S/C24H20ClN3O4S/c1-31-20-10-7-15(11-19(20)25)27-23(30)14-5-8-16(9-6-14)32-13-22(29)28-24-18(12-26)17-3-2-4-21(17)33-24/h5-11H,2-4,13H2,1H3,(H,27,30)(H,28,29). The minimum Gasteiger partial charge on any atom is -0.495 e. The molecule has 1 heterocycles. The molecule has 168 valence electrons. The number of halogens is 1. The van der Waals surface area contributed by atoms with Gasteiger partial charge in [-0.1, -0.05) is 11.6 Å². The van der Waals surface area contributed by atoms with Gasteiger partial charge in [0, 0.05) is 16.1 Å². The summed E-state index contributed by atoms with van der Waals surface area (Å²) < 4.78 is 10.6. The lowest BCUT2D eigenvalue weighted by Gasteiger charge is -2.09. The van der Waals surface area contributed by atoms with E-state index in [1.807, 2.05) is 0 Å². The number of hydrogen-bond acceptors (Lipinski definition) is 6. The van der Waals surface area contributed by atoms with Crippen molar-refractivity contribution in [3.8, 4) is 17.6 Å². The second-order valence-electron chi connectivity index (χ2n) is 7.34. The molecule has 0 unspecified atom stereocenters. The van der Waals surface area contributed by atoms with Crippen molar-refractivity contribution in [1.82, 2.24) is 0 Å². The number of ether oxygens (including phenoxy) is 2. The first-order chi connectivity index (χ1) is 16.0. The molecular formula is C24H20ClN3O4S. The maximum absolute atomic E-state index is 12.5. The highest BCUT2D eigenvalue weighted by Gasteiger charge is 2.23. The summed E-state index contributed by atoms with van der Waals surface area (Å²) in [6.07, 6.45) is 2.88. The summed E-state index contributed by atoms with van der Waals surface area (Å²) in [6, 6.07) is 13.6. The number of aryl methyl sites for hydroxylation is 1. The highest BCUT2D eigenvalue weighted by atomic mass is 35.5. The topological polar surface area (TPSA) is 100 Å². The van der Waals surface area contributed by atoms with E-state index < -0.39 is 0 Å². The number of nitrogens with one attached hydrogen (secondary N) is 2. The van der Waals surface area contributed by atoms with Gasteiger partial charge in [0.1, 0.15) is 22.6 Å². The maximum Gasteiger partial charge on any atom is 0.262 e. The van der Waals surface area contributed by atoms with Crippen molar-refractivity contribution in [2.24, 2.45) is 0 Å². The van der Waals surface area contributed by atoms with Crippen LogP contribution in [-0.4, -0.2) is 25.5 Å². The van der Waals surface area contributed by atoms with Crippen LogP contribution in [0.4, 0.5) is 10.7 Å². The second-order valence-corrected chi connectivity index (χ2v) is 8.85. The van der Waals surface area contributed by atoms with Crippen LogP contribution in [0.1, 0.15) is 32.8 Å². The van der Waals surface area contributed by atoms with Crippen LogP contribution < -0.4 is 20.1 Å². The van der Waals surface area contributed by atoms with E-state index in [0.717, 1.165) is 24.8 Å². The fourth-order valence-electron chi connectivity index (χ4n) is 3.57. The molecule has 2 amide bonds. The Labute approximate surface area is 199 Å². The smallest absolute Gasteiger partial charge is 0.262 e. The third-order valence-corrected chi connectivity index (χ3v) is 6.68. The first kappa shape index (κ1) is 22.6. The van der Waals surface area contributed by atoms with E-state index in [1.54, 1.807) is 42.5 Å². The number of nitriles is 1. The molecule has 0 atom stereocenters. The summed E-state index contributed by atoms with van der Waals surface area (Å²) >= 11 is 7.55. The number of fused-ring (bicyclic) bond motifs is 1. The molecule has 2 N–H and O–H groups in total. The molecule has 0 fully saturated rings. The molecule has 2 aromatic carbocycles. The Morgan fingerprint density at radius 1 is 1.15 bits per heavy atom. The largest absolute Gasteiger partial charge is 0.495 e. The van der Waals surface area contributed by atoms with Crippen LogP contribution in [-0.2, 0) is 17.6 Å². The fraction of sp³-hybridized carbons (Fsp3) is 0.208. The minimum absolute atomic E-state index is 0.205. The molecule has 1 aliphatic rings. The van der Waals surface area contributed by atoms with Gasteiger partial charge in [-0.05, 0) is 67.3 Å². The number of amides is 2. The van der Waals surface area contributed by atoms with Crippen molar-refractivity contribution >= 4 is 45.4 Å². The van der Waals surface area contributed by atoms with E-state index in [9.17, 15) is 14.9 Å². The van der Waals surface area contributed by atoms with Gasteiger partial charge < -0.3 is 20.1 Å². The predicted octanol–water partition coefficient (Wildman–Crippen LogP) is 5.04. The summed E-state index contributed by atoms with van der Waals surface area (Å²) in [5.74, 6) is 0.315. The van der Waals surface area contributed by atoms with Crippen LogP contribution in [0.25, 0.3) is 0 Å². The Kier molecular flexibility index (Phi) is 6.82. The SMILES string of the molecule is COc1ccc(NC(=O)c2ccc(OCC(=O)Nc3sc4c(c3C#N)CCC4)cc2)cc1Cl. The number of methoxy groups -OCH3 is 1. The highest BCUT2D eigenvalue weighted by Crippen LogP contribution is 2.38. The van der Waals surface area contributed by atoms with Gasteiger partial charge in [0.25, 0.3) is 11.8 Å². The molecular weight excluding hydrogens is 462 g/mol. The van der Waals surface area contributed by atoms with Gasteiger partial charge in [0.2, 0.25) is 0 Å². The number of rotatable bonds is 7. The van der Waals surface area contributed by atoms with Gasteiger partial charge in [-0.15, -0.1) is 11.3 Å². The first-order valence-electron chi connectivity index (χ1n) is 10.2. The van der Waals surface area contributed by atoms with E-state index in [2.05, 4.69) is 16.7 Å². The zero-order valence-electron chi connectivity index (χ0n) is 17.7. The molecule has 0 spiro atoms. The van der Waals surface area contributed by atoms with Gasteiger partial charge in [-0.2, -0.15) is 5.26 Å². The van der Waals surface area contributed by atoms with Crippen molar-refractivity contribution in [1.29, 1.82) is 5.26 Å². The summed E-state index contributed by atoms with van der Waals surface area (Å²) in [5, 5.41) is 15.9. The van der Waals surface area contributed by atoms with E-state index in [-0.39, 0.29) is 18.4 Å². The molecule has 1 aliphatic carbocycles. The number of benzene rings is 2. The predicted molar refractivity (Wildman–Crippen MR) is 128 cm³/mol. The van der Waals surface area contributed by atoms with E-state index >= 15 is 0 Å². The Bertz CT molecular complexity index is 1250. The monoisotopic (exact) mass is 481 g/mol. The summed E-state index contributed by atoms with van der Waals surface area (Å²) in [5.41, 5.74) is 2.59.